The van der Waals surface area contributed by atoms with Crippen molar-refractivity contribution in [3.63, 3.8) is 0 Å². The molecular weight excluding hydrogens is 390 g/mol. The Morgan fingerprint density at radius 3 is 2.43 bits per heavy atom. The fourth-order valence-corrected chi connectivity index (χ4v) is 3.11. The van der Waals surface area contributed by atoms with E-state index >= 15 is 0 Å². The Hall–Kier alpha value is -3.31. The van der Waals surface area contributed by atoms with Gasteiger partial charge in [-0.3, -0.25) is 14.9 Å². The maximum atomic E-state index is 12.4. The van der Waals surface area contributed by atoms with E-state index in [1.807, 2.05) is 0 Å². The van der Waals surface area contributed by atoms with Crippen LogP contribution in [-0.4, -0.2) is 39.4 Å². The van der Waals surface area contributed by atoms with Crippen molar-refractivity contribution in [2.24, 2.45) is 0 Å². The third kappa shape index (κ3) is 4.90. The van der Waals surface area contributed by atoms with Crippen LogP contribution in [0.4, 0.5) is 5.69 Å². The number of carbonyl (C=O) groups excluding carboxylic acids is 2. The van der Waals surface area contributed by atoms with Crippen LogP contribution in [0.3, 0.4) is 0 Å². The summed E-state index contributed by atoms with van der Waals surface area (Å²) in [7, 11) is -1.23. The first-order valence-electron chi connectivity index (χ1n) is 7.86. The molecule has 2 aromatic rings. The molecule has 0 saturated carbocycles. The number of nitrogens with zero attached hydrogens (tertiary/aromatic N) is 1. The molecule has 0 fully saturated rings. The summed E-state index contributed by atoms with van der Waals surface area (Å²) in [5.74, 6) is -1.49. The quantitative estimate of drug-likeness (QED) is 0.399. The normalized spacial score (nSPS) is 10.9. The van der Waals surface area contributed by atoms with Gasteiger partial charge >= 0.3 is 5.97 Å². The molecule has 2 rings (SSSR count). The summed E-state index contributed by atoms with van der Waals surface area (Å²) < 4.78 is 30.4. The number of amides is 1. The lowest BCUT2D eigenvalue weighted by Gasteiger charge is -2.09. The number of nitro groups is 1. The molecule has 10 nitrogen and oxygen atoms in total. The van der Waals surface area contributed by atoms with Crippen LogP contribution in [0, 0.1) is 10.1 Å². The number of esters is 1. The van der Waals surface area contributed by atoms with Crippen LogP contribution in [0.1, 0.15) is 26.3 Å². The minimum atomic E-state index is -3.63. The minimum Gasteiger partial charge on any atom is -0.465 e. The third-order valence-corrected chi connectivity index (χ3v) is 5.15. The second-order valence-electron chi connectivity index (χ2n) is 5.55. The van der Waals surface area contributed by atoms with E-state index in [-0.39, 0.29) is 22.6 Å². The minimum absolute atomic E-state index is 0.0256. The molecule has 148 valence electrons. The van der Waals surface area contributed by atoms with Gasteiger partial charge in [-0.25, -0.2) is 17.9 Å². The first-order chi connectivity index (χ1) is 13.2. The number of methoxy groups -OCH3 is 1. The smallest absolute Gasteiger partial charge is 0.338 e. The fraction of sp³-hybridized carbons (Fsp3) is 0.176. The van der Waals surface area contributed by atoms with Gasteiger partial charge in [-0.15, -0.1) is 0 Å². The van der Waals surface area contributed by atoms with Crippen LogP contribution in [0.2, 0.25) is 0 Å². The molecule has 11 heteroatoms. The largest absolute Gasteiger partial charge is 0.465 e. The summed E-state index contributed by atoms with van der Waals surface area (Å²) in [5, 5.41) is 13.6. The molecule has 0 radical (unpaired) electrons. The molecule has 0 heterocycles. The van der Waals surface area contributed by atoms with Gasteiger partial charge in [0.2, 0.25) is 10.0 Å². The number of hydrogen-bond acceptors (Lipinski definition) is 7. The van der Waals surface area contributed by atoms with Gasteiger partial charge in [0, 0.05) is 24.2 Å². The summed E-state index contributed by atoms with van der Waals surface area (Å²) in [5.41, 5.74) is -0.170. The van der Waals surface area contributed by atoms with Gasteiger partial charge in [0.25, 0.3) is 11.6 Å². The average Bonchev–Trinajstić information content (AvgIpc) is 2.71. The Morgan fingerprint density at radius 1 is 1.14 bits per heavy atom. The van der Waals surface area contributed by atoms with Crippen LogP contribution in [0.25, 0.3) is 0 Å². The van der Waals surface area contributed by atoms with Crippen LogP contribution in [0.15, 0.2) is 47.4 Å². The van der Waals surface area contributed by atoms with Crippen molar-refractivity contribution in [2.75, 3.05) is 14.2 Å². The molecule has 2 aromatic carbocycles. The van der Waals surface area contributed by atoms with Crippen LogP contribution in [0.5, 0.6) is 0 Å². The number of non-ortho nitro benzene ring substituents is 1. The zero-order valence-corrected chi connectivity index (χ0v) is 15.8. The molecule has 1 amide bonds. The number of sulfonamides is 1. The fourth-order valence-electron chi connectivity index (χ4n) is 2.31. The van der Waals surface area contributed by atoms with E-state index in [0.717, 1.165) is 19.2 Å². The summed E-state index contributed by atoms with van der Waals surface area (Å²) in [6.45, 7) is -0.0256. The van der Waals surface area contributed by atoms with Gasteiger partial charge in [0.15, 0.2) is 0 Å². The van der Waals surface area contributed by atoms with Crippen molar-refractivity contribution >= 4 is 27.6 Å². The van der Waals surface area contributed by atoms with Crippen molar-refractivity contribution < 1.29 is 27.7 Å². The molecule has 0 aromatic heterocycles. The molecule has 0 aliphatic carbocycles. The van der Waals surface area contributed by atoms with E-state index in [0.29, 0.717) is 5.56 Å². The Kier molecular flexibility index (Phi) is 6.44. The van der Waals surface area contributed by atoms with E-state index in [1.165, 1.54) is 31.3 Å². The highest BCUT2D eigenvalue weighted by molar-refractivity contribution is 7.89. The Labute approximate surface area is 160 Å². The molecule has 0 atom stereocenters. The maximum Gasteiger partial charge on any atom is 0.338 e. The molecular formula is C17H17N3O7S. The van der Waals surface area contributed by atoms with Crippen molar-refractivity contribution in [1.29, 1.82) is 0 Å². The van der Waals surface area contributed by atoms with E-state index in [4.69, 9.17) is 0 Å². The van der Waals surface area contributed by atoms with Crippen LogP contribution in [-0.2, 0) is 21.3 Å². The molecule has 2 N–H and O–H groups in total. The monoisotopic (exact) mass is 407 g/mol. The van der Waals surface area contributed by atoms with Crippen LogP contribution < -0.4 is 10.0 Å². The van der Waals surface area contributed by atoms with Gasteiger partial charge < -0.3 is 10.1 Å². The first kappa shape index (κ1) is 21.0. The van der Waals surface area contributed by atoms with Crippen molar-refractivity contribution in [2.45, 2.75) is 11.4 Å². The highest BCUT2D eigenvalue weighted by Gasteiger charge is 2.18. The highest BCUT2D eigenvalue weighted by atomic mass is 32.2. The molecule has 0 spiro atoms. The van der Waals surface area contributed by atoms with Crippen LogP contribution >= 0.6 is 0 Å². The lowest BCUT2D eigenvalue weighted by atomic mass is 10.1. The zero-order chi connectivity index (χ0) is 20.9. The predicted molar refractivity (Wildman–Crippen MR) is 98.3 cm³/mol. The van der Waals surface area contributed by atoms with Gasteiger partial charge in [0.05, 0.1) is 22.5 Å². The van der Waals surface area contributed by atoms with Crippen molar-refractivity contribution in [1.82, 2.24) is 10.0 Å². The predicted octanol–water partition coefficient (Wildman–Crippen LogP) is 1.22. The molecule has 0 unspecified atom stereocenters. The first-order valence-corrected chi connectivity index (χ1v) is 9.34. The Bertz CT molecular complexity index is 1030. The molecule has 0 aliphatic heterocycles. The average molecular weight is 407 g/mol. The number of ether oxygens (including phenoxy) is 1. The van der Waals surface area contributed by atoms with E-state index in [9.17, 15) is 28.1 Å². The standard InChI is InChI=1S/C17H17N3O7S/c1-18-28(25,26)15-5-3-4-11(6-15)10-19-16(21)12-7-13(17(22)27-2)9-14(8-12)20(23)24/h3-9,18H,10H2,1-2H3,(H,19,21). The molecule has 28 heavy (non-hydrogen) atoms. The summed E-state index contributed by atoms with van der Waals surface area (Å²) in [6, 6.07) is 9.14. The molecule has 0 bridgehead atoms. The van der Waals surface area contributed by atoms with Gasteiger partial charge in [-0.2, -0.15) is 0 Å². The number of benzene rings is 2. The number of nitro benzene ring substituents is 1. The van der Waals surface area contributed by atoms with E-state index in [2.05, 4.69) is 14.8 Å². The van der Waals surface area contributed by atoms with Crippen molar-refractivity contribution in [3.05, 3.63) is 69.3 Å². The maximum absolute atomic E-state index is 12.4. The Balaban J connectivity index is 2.24. The highest BCUT2D eigenvalue weighted by Crippen LogP contribution is 2.18. The second-order valence-corrected chi connectivity index (χ2v) is 7.44. The number of rotatable bonds is 7. The summed E-state index contributed by atoms with van der Waals surface area (Å²) >= 11 is 0. The van der Waals surface area contributed by atoms with E-state index < -0.39 is 32.5 Å². The second kappa shape index (κ2) is 8.59. The third-order valence-electron chi connectivity index (χ3n) is 3.74. The van der Waals surface area contributed by atoms with Crippen molar-refractivity contribution in [3.8, 4) is 0 Å². The molecule has 0 saturated heterocycles. The zero-order valence-electron chi connectivity index (χ0n) is 15.0. The summed E-state index contributed by atoms with van der Waals surface area (Å²) in [4.78, 5) is 34.4. The Morgan fingerprint density at radius 2 is 1.82 bits per heavy atom. The summed E-state index contributed by atoms with van der Waals surface area (Å²) in [6.07, 6.45) is 0. The number of carbonyl (C=O) groups is 2. The van der Waals surface area contributed by atoms with E-state index in [1.54, 1.807) is 6.07 Å². The lowest BCUT2D eigenvalue weighted by molar-refractivity contribution is -0.384. The number of nitrogens with one attached hydrogen (secondary N) is 2. The van der Waals surface area contributed by atoms with Gasteiger partial charge in [-0.05, 0) is 30.8 Å². The SMILES string of the molecule is CNS(=O)(=O)c1cccc(CNC(=O)c2cc(C(=O)OC)cc([N+](=O)[O-])c2)c1. The van der Waals surface area contributed by atoms with Gasteiger partial charge in [-0.1, -0.05) is 12.1 Å². The lowest BCUT2D eigenvalue weighted by Crippen LogP contribution is -2.24. The van der Waals surface area contributed by atoms with Gasteiger partial charge in [0.1, 0.15) is 0 Å². The topological polar surface area (TPSA) is 145 Å². The number of hydrogen-bond donors (Lipinski definition) is 2. The molecule has 0 aliphatic rings.